The minimum absolute atomic E-state index is 0.103. The predicted molar refractivity (Wildman–Crippen MR) is 83.6 cm³/mol. The highest BCUT2D eigenvalue weighted by Gasteiger charge is 2.17. The van der Waals surface area contributed by atoms with E-state index < -0.39 is 5.97 Å². The first-order chi connectivity index (χ1) is 10.2. The Morgan fingerprint density at radius 3 is 2.67 bits per heavy atom. The van der Waals surface area contributed by atoms with Gasteiger partial charge >= 0.3 is 5.97 Å². The summed E-state index contributed by atoms with van der Waals surface area (Å²) in [7, 11) is 0. The van der Waals surface area contributed by atoms with E-state index in [1.54, 1.807) is 0 Å². The monoisotopic (exact) mass is 281 g/mol. The van der Waals surface area contributed by atoms with Crippen LogP contribution in [0.4, 0.5) is 5.69 Å². The van der Waals surface area contributed by atoms with E-state index in [0.717, 1.165) is 31.5 Å². The Labute approximate surface area is 124 Å². The lowest BCUT2D eigenvalue weighted by molar-refractivity contribution is -0.136. The van der Waals surface area contributed by atoms with Crippen molar-refractivity contribution in [2.75, 3.05) is 11.4 Å². The lowest BCUT2D eigenvalue weighted by Crippen LogP contribution is -2.28. The van der Waals surface area contributed by atoms with Crippen molar-refractivity contribution in [3.8, 4) is 0 Å². The number of rotatable bonds is 4. The molecule has 0 saturated heterocycles. The summed E-state index contributed by atoms with van der Waals surface area (Å²) in [5.41, 5.74) is 4.72. The molecular weight excluding hydrogens is 262 g/mol. The van der Waals surface area contributed by atoms with Crippen LogP contribution in [0.1, 0.15) is 23.1 Å². The zero-order chi connectivity index (χ0) is 14.7. The molecule has 0 saturated carbocycles. The normalized spacial score (nSPS) is 13.8. The van der Waals surface area contributed by atoms with Crippen molar-refractivity contribution in [2.24, 2.45) is 0 Å². The van der Waals surface area contributed by atoms with Crippen LogP contribution >= 0.6 is 0 Å². The third kappa shape index (κ3) is 3.24. The molecule has 1 aliphatic heterocycles. The highest BCUT2D eigenvalue weighted by molar-refractivity contribution is 5.71. The van der Waals surface area contributed by atoms with E-state index in [2.05, 4.69) is 41.3 Å². The van der Waals surface area contributed by atoms with Gasteiger partial charge in [0.05, 0.1) is 6.42 Å². The summed E-state index contributed by atoms with van der Waals surface area (Å²) >= 11 is 0. The maximum absolute atomic E-state index is 10.8. The third-order valence-corrected chi connectivity index (χ3v) is 3.93. The molecular formula is C18H19NO2. The quantitative estimate of drug-likeness (QED) is 0.935. The number of carboxylic acids is 1. The van der Waals surface area contributed by atoms with Crippen LogP contribution in [-0.4, -0.2) is 17.6 Å². The molecule has 0 aliphatic carbocycles. The summed E-state index contributed by atoms with van der Waals surface area (Å²) in [6, 6.07) is 16.5. The van der Waals surface area contributed by atoms with E-state index in [1.807, 2.05) is 12.1 Å². The van der Waals surface area contributed by atoms with Gasteiger partial charge in [-0.15, -0.1) is 0 Å². The number of anilines is 1. The Morgan fingerprint density at radius 1 is 1.10 bits per heavy atom. The molecule has 3 heteroatoms. The fourth-order valence-electron chi connectivity index (χ4n) is 2.98. The molecule has 0 atom stereocenters. The minimum atomic E-state index is -0.771. The van der Waals surface area contributed by atoms with Crippen molar-refractivity contribution >= 4 is 11.7 Å². The van der Waals surface area contributed by atoms with Gasteiger partial charge in [0.1, 0.15) is 0 Å². The topological polar surface area (TPSA) is 40.5 Å². The smallest absolute Gasteiger partial charge is 0.307 e. The summed E-state index contributed by atoms with van der Waals surface area (Å²) < 4.78 is 0. The van der Waals surface area contributed by atoms with Crippen LogP contribution in [0.3, 0.4) is 0 Å². The maximum Gasteiger partial charge on any atom is 0.307 e. The number of carbonyl (C=O) groups is 1. The van der Waals surface area contributed by atoms with Crippen molar-refractivity contribution in [1.82, 2.24) is 0 Å². The lowest BCUT2D eigenvalue weighted by atomic mass is 9.97. The molecule has 0 fully saturated rings. The van der Waals surface area contributed by atoms with Gasteiger partial charge in [-0.25, -0.2) is 0 Å². The first-order valence-electron chi connectivity index (χ1n) is 7.35. The molecule has 3 rings (SSSR count). The van der Waals surface area contributed by atoms with Gasteiger partial charge in [0.25, 0.3) is 0 Å². The maximum atomic E-state index is 10.8. The fraction of sp³-hybridized carbons (Fsp3) is 0.278. The summed E-state index contributed by atoms with van der Waals surface area (Å²) in [6.07, 6.45) is 2.26. The van der Waals surface area contributed by atoms with Crippen LogP contribution in [0, 0.1) is 0 Å². The molecule has 21 heavy (non-hydrogen) atoms. The largest absolute Gasteiger partial charge is 0.481 e. The Morgan fingerprint density at radius 2 is 1.90 bits per heavy atom. The second-order valence-corrected chi connectivity index (χ2v) is 5.54. The number of fused-ring (bicyclic) bond motifs is 1. The highest BCUT2D eigenvalue weighted by Crippen LogP contribution is 2.29. The molecule has 1 heterocycles. The van der Waals surface area contributed by atoms with E-state index in [1.165, 1.54) is 16.8 Å². The number of hydrogen-bond acceptors (Lipinski definition) is 2. The summed E-state index contributed by atoms with van der Waals surface area (Å²) in [5.74, 6) is -0.771. The van der Waals surface area contributed by atoms with Gasteiger partial charge in [-0.3, -0.25) is 4.79 Å². The molecule has 3 nitrogen and oxygen atoms in total. The molecule has 1 N–H and O–H groups in total. The van der Waals surface area contributed by atoms with Gasteiger partial charge in [0, 0.05) is 18.8 Å². The second-order valence-electron chi connectivity index (χ2n) is 5.54. The lowest BCUT2D eigenvalue weighted by Gasteiger charge is -2.31. The average Bonchev–Trinajstić information content (AvgIpc) is 2.48. The van der Waals surface area contributed by atoms with Gasteiger partial charge in [0.15, 0.2) is 0 Å². The number of aliphatic carboxylic acids is 1. The van der Waals surface area contributed by atoms with Crippen LogP contribution in [0.25, 0.3) is 0 Å². The standard InChI is InChI=1S/C18H19NO2/c20-18(21)12-15-8-9-17-16(11-15)7-4-10-19(17)13-14-5-2-1-3-6-14/h1-3,5-6,8-9,11H,4,7,10,12-13H2,(H,20,21). The zero-order valence-corrected chi connectivity index (χ0v) is 12.0. The molecule has 0 bridgehead atoms. The first kappa shape index (κ1) is 13.7. The SMILES string of the molecule is O=C(O)Cc1ccc2c(c1)CCCN2Cc1ccccc1. The fourth-order valence-corrected chi connectivity index (χ4v) is 2.98. The number of aryl methyl sites for hydroxylation is 1. The van der Waals surface area contributed by atoms with E-state index in [-0.39, 0.29) is 6.42 Å². The van der Waals surface area contributed by atoms with Crippen molar-refractivity contribution < 1.29 is 9.90 Å². The number of benzene rings is 2. The van der Waals surface area contributed by atoms with Gasteiger partial charge in [-0.2, -0.15) is 0 Å². The first-order valence-corrected chi connectivity index (χ1v) is 7.35. The van der Waals surface area contributed by atoms with Gasteiger partial charge in [-0.1, -0.05) is 42.5 Å². The average molecular weight is 281 g/mol. The Bertz CT molecular complexity index is 637. The summed E-state index contributed by atoms with van der Waals surface area (Å²) in [4.78, 5) is 13.2. The van der Waals surface area contributed by atoms with Gasteiger partial charge < -0.3 is 10.0 Å². The van der Waals surface area contributed by atoms with Crippen LogP contribution in [-0.2, 0) is 24.2 Å². The van der Waals surface area contributed by atoms with Gasteiger partial charge in [0.2, 0.25) is 0 Å². The molecule has 108 valence electrons. The molecule has 0 aromatic heterocycles. The Balaban J connectivity index is 1.83. The molecule has 1 aliphatic rings. The molecule has 0 amide bonds. The van der Waals surface area contributed by atoms with E-state index in [0.29, 0.717) is 0 Å². The zero-order valence-electron chi connectivity index (χ0n) is 12.0. The van der Waals surface area contributed by atoms with Crippen LogP contribution < -0.4 is 4.90 Å². The predicted octanol–water partition coefficient (Wildman–Crippen LogP) is 3.27. The summed E-state index contributed by atoms with van der Waals surface area (Å²) in [6.45, 7) is 1.96. The van der Waals surface area contributed by atoms with Crippen molar-refractivity contribution in [3.05, 3.63) is 65.2 Å². The molecule has 2 aromatic carbocycles. The summed E-state index contributed by atoms with van der Waals surface area (Å²) in [5, 5.41) is 8.91. The molecule has 0 spiro atoms. The van der Waals surface area contributed by atoms with E-state index in [4.69, 9.17) is 5.11 Å². The molecule has 0 unspecified atom stereocenters. The van der Waals surface area contributed by atoms with E-state index in [9.17, 15) is 4.79 Å². The van der Waals surface area contributed by atoms with E-state index >= 15 is 0 Å². The Kier molecular flexibility index (Phi) is 3.91. The molecule has 2 aromatic rings. The third-order valence-electron chi connectivity index (χ3n) is 3.93. The number of nitrogens with zero attached hydrogens (tertiary/aromatic N) is 1. The van der Waals surface area contributed by atoms with Crippen molar-refractivity contribution in [2.45, 2.75) is 25.8 Å². The second kappa shape index (κ2) is 6.00. The minimum Gasteiger partial charge on any atom is -0.481 e. The highest BCUT2D eigenvalue weighted by atomic mass is 16.4. The van der Waals surface area contributed by atoms with Crippen LogP contribution in [0.15, 0.2) is 48.5 Å². The van der Waals surface area contributed by atoms with Crippen LogP contribution in [0.2, 0.25) is 0 Å². The number of hydrogen-bond donors (Lipinski definition) is 1. The molecule has 0 radical (unpaired) electrons. The Hall–Kier alpha value is -2.29. The van der Waals surface area contributed by atoms with Crippen molar-refractivity contribution in [1.29, 1.82) is 0 Å². The van der Waals surface area contributed by atoms with Crippen LogP contribution in [0.5, 0.6) is 0 Å². The number of carboxylic acid groups (broad SMARTS) is 1. The van der Waals surface area contributed by atoms with Gasteiger partial charge in [-0.05, 0) is 35.6 Å². The van der Waals surface area contributed by atoms with Crippen molar-refractivity contribution in [3.63, 3.8) is 0 Å².